The topological polar surface area (TPSA) is 53.4 Å². The highest BCUT2D eigenvalue weighted by atomic mass is 16.5. The van der Waals surface area contributed by atoms with Crippen LogP contribution in [0.3, 0.4) is 0 Å². The number of benzene rings is 1. The van der Waals surface area contributed by atoms with E-state index >= 15 is 0 Å². The van der Waals surface area contributed by atoms with Gasteiger partial charge in [0.15, 0.2) is 5.69 Å². The fourth-order valence-corrected chi connectivity index (χ4v) is 2.61. The average Bonchev–Trinajstić information content (AvgIpc) is 2.80. The molecule has 0 bridgehead atoms. The number of methoxy groups -OCH3 is 1. The van der Waals surface area contributed by atoms with Gasteiger partial charge in [0.1, 0.15) is 5.52 Å². The van der Waals surface area contributed by atoms with E-state index in [2.05, 4.69) is 4.98 Å². The second kappa shape index (κ2) is 5.09. The van der Waals surface area contributed by atoms with Crippen molar-refractivity contribution in [1.29, 1.82) is 0 Å². The van der Waals surface area contributed by atoms with E-state index in [1.165, 1.54) is 0 Å². The fourth-order valence-electron chi connectivity index (χ4n) is 2.61. The van der Waals surface area contributed by atoms with Crippen LogP contribution in [0.5, 0.6) is 5.88 Å². The number of rotatable bonds is 3. The quantitative estimate of drug-likeness (QED) is 0.694. The van der Waals surface area contributed by atoms with Gasteiger partial charge >= 0.3 is 5.97 Å². The smallest absolute Gasteiger partial charge is 0.357 e. The predicted octanol–water partition coefficient (Wildman–Crippen LogP) is 2.91. The van der Waals surface area contributed by atoms with Crippen LogP contribution < -0.4 is 4.74 Å². The highest BCUT2D eigenvalue weighted by molar-refractivity contribution is 6.11. The first kappa shape index (κ1) is 13.4. The van der Waals surface area contributed by atoms with Gasteiger partial charge in [-0.05, 0) is 19.1 Å². The Kier molecular flexibility index (Phi) is 3.25. The Hall–Kier alpha value is -2.56. The molecule has 2 aromatic heterocycles. The summed E-state index contributed by atoms with van der Waals surface area (Å²) in [7, 11) is 3.51. The first-order valence-corrected chi connectivity index (χ1v) is 6.76. The molecule has 5 nitrogen and oxygen atoms in total. The maximum Gasteiger partial charge on any atom is 0.357 e. The number of esters is 1. The molecule has 0 aliphatic carbocycles. The van der Waals surface area contributed by atoms with Gasteiger partial charge in [-0.3, -0.25) is 0 Å². The monoisotopic (exact) mass is 284 g/mol. The minimum atomic E-state index is -0.439. The Morgan fingerprint density at radius 1 is 1.29 bits per heavy atom. The third-order valence-electron chi connectivity index (χ3n) is 3.53. The van der Waals surface area contributed by atoms with Crippen molar-refractivity contribution in [2.75, 3.05) is 13.7 Å². The SMILES string of the molecule is CCOC(=O)c1cc2c3ccccc3n(C)c2c(OC)n1. The number of para-hydroxylation sites is 1. The Balaban J connectivity index is 2.37. The summed E-state index contributed by atoms with van der Waals surface area (Å²) in [5, 5.41) is 1.99. The van der Waals surface area contributed by atoms with Crippen molar-refractivity contribution in [2.24, 2.45) is 7.05 Å². The molecule has 0 N–H and O–H groups in total. The summed E-state index contributed by atoms with van der Waals surface area (Å²) in [6.45, 7) is 2.09. The van der Waals surface area contributed by atoms with Crippen LogP contribution >= 0.6 is 0 Å². The van der Waals surface area contributed by atoms with Crippen LogP contribution in [0.25, 0.3) is 21.8 Å². The summed E-state index contributed by atoms with van der Waals surface area (Å²) in [6.07, 6.45) is 0. The van der Waals surface area contributed by atoms with Crippen molar-refractivity contribution in [3.05, 3.63) is 36.0 Å². The van der Waals surface area contributed by atoms with E-state index in [9.17, 15) is 4.79 Å². The lowest BCUT2D eigenvalue weighted by Crippen LogP contribution is -2.08. The summed E-state index contributed by atoms with van der Waals surface area (Å²) in [4.78, 5) is 16.2. The molecule has 5 heteroatoms. The van der Waals surface area contributed by atoms with Crippen LogP contribution in [0.2, 0.25) is 0 Å². The van der Waals surface area contributed by atoms with Crippen LogP contribution in [0, 0.1) is 0 Å². The summed E-state index contributed by atoms with van der Waals surface area (Å²) < 4.78 is 12.4. The number of carbonyl (C=O) groups is 1. The second-order valence-electron chi connectivity index (χ2n) is 4.71. The Morgan fingerprint density at radius 2 is 2.05 bits per heavy atom. The second-order valence-corrected chi connectivity index (χ2v) is 4.71. The average molecular weight is 284 g/mol. The Labute approximate surface area is 122 Å². The predicted molar refractivity (Wildman–Crippen MR) is 80.7 cm³/mol. The summed E-state index contributed by atoms with van der Waals surface area (Å²) in [6, 6.07) is 9.76. The van der Waals surface area contributed by atoms with Crippen molar-refractivity contribution in [3.8, 4) is 5.88 Å². The lowest BCUT2D eigenvalue weighted by atomic mass is 10.1. The zero-order chi connectivity index (χ0) is 15.0. The van der Waals surface area contributed by atoms with Gasteiger partial charge in [-0.15, -0.1) is 0 Å². The molecular weight excluding hydrogens is 268 g/mol. The van der Waals surface area contributed by atoms with E-state index in [1.54, 1.807) is 20.1 Å². The lowest BCUT2D eigenvalue weighted by Gasteiger charge is -2.07. The lowest BCUT2D eigenvalue weighted by molar-refractivity contribution is 0.0519. The van der Waals surface area contributed by atoms with Gasteiger partial charge < -0.3 is 14.0 Å². The third-order valence-corrected chi connectivity index (χ3v) is 3.53. The first-order chi connectivity index (χ1) is 10.2. The molecule has 108 valence electrons. The van der Waals surface area contributed by atoms with Crippen molar-refractivity contribution in [3.63, 3.8) is 0 Å². The van der Waals surface area contributed by atoms with E-state index in [0.717, 1.165) is 21.8 Å². The molecule has 0 fully saturated rings. The number of fused-ring (bicyclic) bond motifs is 3. The molecule has 0 saturated heterocycles. The fraction of sp³-hybridized carbons (Fsp3) is 0.250. The van der Waals surface area contributed by atoms with E-state index < -0.39 is 5.97 Å². The molecule has 3 rings (SSSR count). The van der Waals surface area contributed by atoms with Crippen molar-refractivity contribution in [1.82, 2.24) is 9.55 Å². The molecule has 0 spiro atoms. The number of carbonyl (C=O) groups excluding carboxylic acids is 1. The number of aryl methyl sites for hydroxylation is 1. The van der Waals surface area contributed by atoms with Crippen molar-refractivity contribution >= 4 is 27.8 Å². The summed E-state index contributed by atoms with van der Waals surface area (Å²) in [5.74, 6) is -0.0140. The highest BCUT2D eigenvalue weighted by Gasteiger charge is 2.18. The van der Waals surface area contributed by atoms with Gasteiger partial charge in [-0.1, -0.05) is 18.2 Å². The molecular formula is C16H16N2O3. The van der Waals surface area contributed by atoms with Gasteiger partial charge in [0.25, 0.3) is 0 Å². The van der Waals surface area contributed by atoms with Crippen molar-refractivity contribution in [2.45, 2.75) is 6.92 Å². The molecule has 0 atom stereocenters. The van der Waals surface area contributed by atoms with Gasteiger partial charge in [-0.25, -0.2) is 9.78 Å². The van der Waals surface area contributed by atoms with Gasteiger partial charge in [0, 0.05) is 23.3 Å². The maximum atomic E-state index is 12.0. The largest absolute Gasteiger partial charge is 0.479 e. The molecule has 1 aromatic carbocycles. The van der Waals surface area contributed by atoms with Crippen LogP contribution in [-0.2, 0) is 11.8 Å². The minimum absolute atomic E-state index is 0.262. The number of pyridine rings is 1. The zero-order valence-corrected chi connectivity index (χ0v) is 12.2. The number of hydrogen-bond donors (Lipinski definition) is 0. The molecule has 0 aliphatic rings. The molecule has 0 radical (unpaired) electrons. The Morgan fingerprint density at radius 3 is 2.76 bits per heavy atom. The third kappa shape index (κ3) is 2.01. The van der Waals surface area contributed by atoms with E-state index in [-0.39, 0.29) is 5.69 Å². The highest BCUT2D eigenvalue weighted by Crippen LogP contribution is 2.33. The number of nitrogens with zero attached hydrogens (tertiary/aromatic N) is 2. The number of ether oxygens (including phenoxy) is 2. The first-order valence-electron chi connectivity index (χ1n) is 6.76. The van der Waals surface area contributed by atoms with E-state index in [1.807, 2.05) is 35.9 Å². The summed E-state index contributed by atoms with van der Waals surface area (Å²) >= 11 is 0. The van der Waals surface area contributed by atoms with Crippen molar-refractivity contribution < 1.29 is 14.3 Å². The molecule has 0 amide bonds. The molecule has 0 aliphatic heterocycles. The van der Waals surface area contributed by atoms with Gasteiger partial charge in [-0.2, -0.15) is 0 Å². The number of hydrogen-bond acceptors (Lipinski definition) is 4. The standard InChI is InChI=1S/C16H16N2O3/c1-4-21-16(19)12-9-11-10-7-5-6-8-13(10)18(2)14(11)15(17-12)20-3/h5-9H,4H2,1-3H3. The molecule has 0 saturated carbocycles. The molecule has 0 unspecified atom stereocenters. The minimum Gasteiger partial charge on any atom is -0.479 e. The van der Waals surface area contributed by atoms with Crippen LogP contribution in [0.4, 0.5) is 0 Å². The molecule has 3 aromatic rings. The van der Waals surface area contributed by atoms with Gasteiger partial charge in [0.2, 0.25) is 5.88 Å². The van der Waals surface area contributed by atoms with Crippen LogP contribution in [-0.4, -0.2) is 29.2 Å². The van der Waals surface area contributed by atoms with E-state index in [0.29, 0.717) is 12.5 Å². The van der Waals surface area contributed by atoms with Crippen LogP contribution in [0.15, 0.2) is 30.3 Å². The maximum absolute atomic E-state index is 12.0. The zero-order valence-electron chi connectivity index (χ0n) is 12.2. The normalized spacial score (nSPS) is 11.0. The Bertz CT molecular complexity index is 836. The molecule has 21 heavy (non-hydrogen) atoms. The van der Waals surface area contributed by atoms with Crippen LogP contribution in [0.1, 0.15) is 17.4 Å². The van der Waals surface area contributed by atoms with E-state index in [4.69, 9.17) is 9.47 Å². The number of aromatic nitrogens is 2. The van der Waals surface area contributed by atoms with Gasteiger partial charge in [0.05, 0.1) is 13.7 Å². The molecule has 2 heterocycles. The summed E-state index contributed by atoms with van der Waals surface area (Å²) in [5.41, 5.74) is 2.19.